The third kappa shape index (κ3) is 7.33. The molecule has 9 nitrogen and oxygen atoms in total. The number of piperazine rings is 1. The monoisotopic (exact) mass is 473 g/mol. The fourth-order valence-corrected chi connectivity index (χ4v) is 4.30. The van der Waals surface area contributed by atoms with Crippen LogP contribution in [0.25, 0.3) is 0 Å². The average molecular weight is 474 g/mol. The predicted molar refractivity (Wildman–Crippen MR) is 129 cm³/mol. The van der Waals surface area contributed by atoms with Crippen molar-refractivity contribution in [3.63, 3.8) is 0 Å². The Hall–Kier alpha value is -2.85. The molecule has 1 aromatic carbocycles. The van der Waals surface area contributed by atoms with Gasteiger partial charge in [0.1, 0.15) is 5.76 Å². The summed E-state index contributed by atoms with van der Waals surface area (Å²) in [5, 5.41) is 9.01. The zero-order chi connectivity index (χ0) is 23.8. The van der Waals surface area contributed by atoms with Gasteiger partial charge in [-0.1, -0.05) is 30.3 Å². The molecule has 0 radical (unpaired) electrons. The van der Waals surface area contributed by atoms with Crippen LogP contribution in [-0.2, 0) is 20.8 Å². The Kier molecular flexibility index (Phi) is 8.90. The molecule has 1 fully saturated rings. The Morgan fingerprint density at radius 1 is 1.15 bits per heavy atom. The molecule has 0 spiro atoms. The van der Waals surface area contributed by atoms with Crippen LogP contribution < -0.4 is 10.6 Å². The lowest BCUT2D eigenvalue weighted by molar-refractivity contribution is -0.130. The van der Waals surface area contributed by atoms with Gasteiger partial charge in [-0.3, -0.25) is 19.3 Å². The lowest BCUT2D eigenvalue weighted by Crippen LogP contribution is -2.51. The Labute approximate surface area is 198 Å². The van der Waals surface area contributed by atoms with E-state index < -0.39 is 5.25 Å². The summed E-state index contributed by atoms with van der Waals surface area (Å²) in [6.07, 6.45) is 0.857. The van der Waals surface area contributed by atoms with Crippen molar-refractivity contribution >= 4 is 41.0 Å². The molecular weight excluding hydrogens is 442 g/mol. The molecule has 1 aliphatic heterocycles. The van der Waals surface area contributed by atoms with E-state index in [9.17, 15) is 14.4 Å². The van der Waals surface area contributed by atoms with Gasteiger partial charge in [-0.15, -0.1) is 11.8 Å². The summed E-state index contributed by atoms with van der Waals surface area (Å²) in [5.41, 5.74) is 1.96. The molecule has 1 atom stereocenters. The quantitative estimate of drug-likeness (QED) is 0.576. The fraction of sp³-hybridized carbons (Fsp3) is 0.478. The van der Waals surface area contributed by atoms with Gasteiger partial charge in [0.2, 0.25) is 17.7 Å². The van der Waals surface area contributed by atoms with Gasteiger partial charge in [-0.2, -0.15) is 0 Å². The number of carbonyl (C=O) groups is 3. The van der Waals surface area contributed by atoms with Crippen LogP contribution in [-0.4, -0.2) is 76.4 Å². The molecule has 2 N–H and O–H groups in total. The van der Waals surface area contributed by atoms with Gasteiger partial charge in [0.05, 0.1) is 17.5 Å². The number of thioether (sulfide) groups is 1. The number of anilines is 2. The van der Waals surface area contributed by atoms with Crippen LogP contribution in [0.5, 0.6) is 0 Å². The summed E-state index contributed by atoms with van der Waals surface area (Å²) in [5.74, 6) is 0.937. The van der Waals surface area contributed by atoms with Crippen molar-refractivity contribution < 1.29 is 18.9 Å². The van der Waals surface area contributed by atoms with Crippen LogP contribution in [0.3, 0.4) is 0 Å². The summed E-state index contributed by atoms with van der Waals surface area (Å²) >= 11 is 1.29. The minimum absolute atomic E-state index is 0.00194. The number of carbonyl (C=O) groups excluding carboxylic acids is 3. The van der Waals surface area contributed by atoms with Crippen molar-refractivity contribution in [2.24, 2.45) is 0 Å². The van der Waals surface area contributed by atoms with E-state index in [1.165, 1.54) is 11.8 Å². The molecule has 0 saturated carbocycles. The maximum Gasteiger partial charge on any atom is 0.238 e. The molecule has 3 rings (SSSR count). The first-order chi connectivity index (χ1) is 15.9. The van der Waals surface area contributed by atoms with Crippen LogP contribution in [0.4, 0.5) is 11.5 Å². The van der Waals surface area contributed by atoms with Gasteiger partial charge in [0.15, 0.2) is 5.82 Å². The molecular formula is C23H31N5O4S. The summed E-state index contributed by atoms with van der Waals surface area (Å²) in [6.45, 7) is 8.28. The van der Waals surface area contributed by atoms with Gasteiger partial charge in [0, 0.05) is 37.9 Å². The number of hydrogen-bond acceptors (Lipinski definition) is 7. The topological polar surface area (TPSA) is 108 Å². The van der Waals surface area contributed by atoms with E-state index in [2.05, 4.69) is 27.6 Å². The second kappa shape index (κ2) is 11.9. The SMILES string of the molecule is CCc1ccccc1NC(=O)CN1CCN(C(=O)CS[C@H](C)C(=O)Nc2cc(C)on2)CC1. The molecule has 33 heavy (non-hydrogen) atoms. The maximum atomic E-state index is 12.6. The van der Waals surface area contributed by atoms with Crippen molar-refractivity contribution in [1.29, 1.82) is 0 Å². The van der Waals surface area contributed by atoms with Crippen LogP contribution in [0, 0.1) is 6.92 Å². The van der Waals surface area contributed by atoms with E-state index in [4.69, 9.17) is 4.52 Å². The Balaban J connectivity index is 1.37. The molecule has 178 valence electrons. The molecule has 0 aliphatic carbocycles. The van der Waals surface area contributed by atoms with E-state index in [0.29, 0.717) is 44.3 Å². The normalized spacial score (nSPS) is 15.2. The number of para-hydroxylation sites is 1. The molecule has 0 bridgehead atoms. The highest BCUT2D eigenvalue weighted by molar-refractivity contribution is 8.01. The Morgan fingerprint density at radius 2 is 1.88 bits per heavy atom. The second-order valence-corrected chi connectivity index (χ2v) is 9.31. The number of rotatable bonds is 9. The number of nitrogens with one attached hydrogen (secondary N) is 2. The van der Waals surface area contributed by atoms with E-state index in [-0.39, 0.29) is 23.5 Å². The van der Waals surface area contributed by atoms with Gasteiger partial charge in [-0.05, 0) is 31.9 Å². The molecule has 3 amide bonds. The summed E-state index contributed by atoms with van der Waals surface area (Å²) in [6, 6.07) is 9.45. The lowest BCUT2D eigenvalue weighted by atomic mass is 10.1. The molecule has 2 heterocycles. The predicted octanol–water partition coefficient (Wildman–Crippen LogP) is 2.39. The van der Waals surface area contributed by atoms with Gasteiger partial charge >= 0.3 is 0 Å². The van der Waals surface area contributed by atoms with E-state index >= 15 is 0 Å². The van der Waals surface area contributed by atoms with Gasteiger partial charge < -0.3 is 20.1 Å². The highest BCUT2D eigenvalue weighted by Crippen LogP contribution is 2.17. The molecule has 1 saturated heterocycles. The van der Waals surface area contributed by atoms with Crippen LogP contribution >= 0.6 is 11.8 Å². The van der Waals surface area contributed by atoms with Gasteiger partial charge in [-0.25, -0.2) is 0 Å². The third-order valence-electron chi connectivity index (χ3n) is 5.47. The van der Waals surface area contributed by atoms with Crippen molar-refractivity contribution in [2.45, 2.75) is 32.4 Å². The zero-order valence-corrected chi connectivity index (χ0v) is 20.1. The molecule has 1 aliphatic rings. The van der Waals surface area contributed by atoms with Gasteiger partial charge in [0.25, 0.3) is 0 Å². The number of aryl methyl sites for hydroxylation is 2. The number of nitrogens with zero attached hydrogens (tertiary/aromatic N) is 3. The second-order valence-electron chi connectivity index (χ2n) is 7.98. The lowest BCUT2D eigenvalue weighted by Gasteiger charge is -2.34. The van der Waals surface area contributed by atoms with Crippen molar-refractivity contribution in [3.8, 4) is 0 Å². The van der Waals surface area contributed by atoms with Crippen LogP contribution in [0.15, 0.2) is 34.9 Å². The third-order valence-corrected chi connectivity index (χ3v) is 6.60. The fourth-order valence-electron chi connectivity index (χ4n) is 3.52. The molecule has 1 aromatic heterocycles. The zero-order valence-electron chi connectivity index (χ0n) is 19.3. The summed E-state index contributed by atoms with van der Waals surface area (Å²) in [4.78, 5) is 41.1. The summed E-state index contributed by atoms with van der Waals surface area (Å²) < 4.78 is 4.93. The van der Waals surface area contributed by atoms with Crippen molar-refractivity contribution in [2.75, 3.05) is 49.1 Å². The molecule has 0 unspecified atom stereocenters. The maximum absolute atomic E-state index is 12.6. The van der Waals surface area contributed by atoms with E-state index in [1.54, 1.807) is 24.8 Å². The first-order valence-electron chi connectivity index (χ1n) is 11.1. The standard InChI is InChI=1S/C23H31N5O4S/c1-4-18-7-5-6-8-19(18)24-21(29)14-27-9-11-28(12-10-27)22(30)15-33-17(3)23(31)25-20-13-16(2)32-26-20/h5-8,13,17H,4,9-12,14-15H2,1-3H3,(H,24,29)(H,25,26,31)/t17-/m1/s1. The minimum Gasteiger partial charge on any atom is -0.360 e. The number of hydrogen-bond donors (Lipinski definition) is 2. The molecule has 10 heteroatoms. The Morgan fingerprint density at radius 3 is 2.55 bits per heavy atom. The smallest absolute Gasteiger partial charge is 0.238 e. The number of aromatic nitrogens is 1. The van der Waals surface area contributed by atoms with Crippen molar-refractivity contribution in [3.05, 3.63) is 41.7 Å². The number of benzene rings is 1. The average Bonchev–Trinajstić information content (AvgIpc) is 3.22. The Bertz CT molecular complexity index is 971. The van der Waals surface area contributed by atoms with E-state index in [1.807, 2.05) is 24.3 Å². The largest absolute Gasteiger partial charge is 0.360 e. The summed E-state index contributed by atoms with van der Waals surface area (Å²) in [7, 11) is 0. The highest BCUT2D eigenvalue weighted by atomic mass is 32.2. The van der Waals surface area contributed by atoms with Crippen molar-refractivity contribution in [1.82, 2.24) is 15.0 Å². The number of amides is 3. The minimum atomic E-state index is -0.401. The van der Waals surface area contributed by atoms with Crippen LogP contribution in [0.2, 0.25) is 0 Å². The van der Waals surface area contributed by atoms with E-state index in [0.717, 1.165) is 17.7 Å². The first-order valence-corrected chi connectivity index (χ1v) is 12.1. The highest BCUT2D eigenvalue weighted by Gasteiger charge is 2.24. The first kappa shape index (κ1) is 24.8. The van der Waals surface area contributed by atoms with Crippen LogP contribution in [0.1, 0.15) is 25.2 Å². The molecule has 2 aromatic rings.